The molecular weight excluding hydrogens is 374 g/mol. The molecule has 0 bridgehead atoms. The van der Waals surface area contributed by atoms with Crippen LogP contribution in [0.4, 0.5) is 0 Å². The molecule has 1 amide bonds. The quantitative estimate of drug-likeness (QED) is 0.342. The van der Waals surface area contributed by atoms with Crippen molar-refractivity contribution in [3.8, 4) is 0 Å². The van der Waals surface area contributed by atoms with E-state index in [-0.39, 0.29) is 0 Å². The molecule has 2 nitrogen and oxygen atoms in total. The van der Waals surface area contributed by atoms with Crippen LogP contribution in [0.25, 0.3) is 0 Å². The molecule has 142 valence electrons. The molecular formula is C26H21NOS. The zero-order valence-electron chi connectivity index (χ0n) is 15.8. The van der Waals surface area contributed by atoms with E-state index in [2.05, 4.69) is 85.4 Å². The summed E-state index contributed by atoms with van der Waals surface area (Å²) < 4.78 is 0. The van der Waals surface area contributed by atoms with Crippen LogP contribution in [0.2, 0.25) is 0 Å². The standard InChI is InChI=1S/C26H21NOS/c27-25(28)23-17-16-22(18-24(23)29)26(19-10-4-1-5-11-19,20-12-6-2-7-13-20)21-14-8-3-9-15-21/h1-18,29H,(H2,27,28). The Labute approximate surface area is 176 Å². The lowest BCUT2D eigenvalue weighted by Crippen LogP contribution is -2.31. The zero-order valence-corrected chi connectivity index (χ0v) is 16.7. The van der Waals surface area contributed by atoms with E-state index in [9.17, 15) is 4.79 Å². The van der Waals surface area contributed by atoms with Crippen LogP contribution in [0.1, 0.15) is 32.6 Å². The maximum atomic E-state index is 11.8. The van der Waals surface area contributed by atoms with Crippen molar-refractivity contribution in [2.24, 2.45) is 5.73 Å². The first kappa shape index (κ1) is 19.0. The molecule has 4 aromatic carbocycles. The minimum Gasteiger partial charge on any atom is -0.366 e. The molecule has 4 rings (SSSR count). The Balaban J connectivity index is 2.12. The second kappa shape index (κ2) is 7.98. The van der Waals surface area contributed by atoms with Gasteiger partial charge in [-0.1, -0.05) is 97.1 Å². The number of amides is 1. The van der Waals surface area contributed by atoms with Gasteiger partial charge in [0.1, 0.15) is 0 Å². The van der Waals surface area contributed by atoms with Crippen LogP contribution in [0.3, 0.4) is 0 Å². The lowest BCUT2D eigenvalue weighted by molar-refractivity contribution is 0.0997. The molecule has 0 radical (unpaired) electrons. The number of hydrogen-bond acceptors (Lipinski definition) is 2. The van der Waals surface area contributed by atoms with Gasteiger partial charge in [0.05, 0.1) is 11.0 Å². The third-order valence-electron chi connectivity index (χ3n) is 5.32. The molecule has 2 N–H and O–H groups in total. The summed E-state index contributed by atoms with van der Waals surface area (Å²) in [5.41, 5.74) is 9.81. The van der Waals surface area contributed by atoms with Crippen molar-refractivity contribution in [2.75, 3.05) is 0 Å². The molecule has 0 aliphatic rings. The minimum atomic E-state index is -0.558. The molecule has 4 aromatic rings. The largest absolute Gasteiger partial charge is 0.366 e. The first-order chi connectivity index (χ1) is 14.1. The van der Waals surface area contributed by atoms with Crippen LogP contribution in [0.5, 0.6) is 0 Å². The molecule has 0 aliphatic carbocycles. The molecule has 29 heavy (non-hydrogen) atoms. The van der Waals surface area contributed by atoms with Gasteiger partial charge in [-0.05, 0) is 34.4 Å². The Kier molecular flexibility index (Phi) is 5.24. The van der Waals surface area contributed by atoms with Gasteiger partial charge in [-0.15, -0.1) is 12.6 Å². The molecule has 3 heteroatoms. The van der Waals surface area contributed by atoms with E-state index in [1.54, 1.807) is 6.07 Å². The average molecular weight is 396 g/mol. The highest BCUT2D eigenvalue weighted by atomic mass is 32.1. The Morgan fingerprint density at radius 1 is 0.621 bits per heavy atom. The summed E-state index contributed by atoms with van der Waals surface area (Å²) in [6.07, 6.45) is 0. The van der Waals surface area contributed by atoms with E-state index >= 15 is 0 Å². The van der Waals surface area contributed by atoms with E-state index in [4.69, 9.17) is 5.73 Å². The Hall–Kier alpha value is -3.30. The number of primary amides is 1. The molecule has 0 aromatic heterocycles. The fourth-order valence-corrected chi connectivity index (χ4v) is 4.36. The third-order valence-corrected chi connectivity index (χ3v) is 5.69. The average Bonchev–Trinajstić information content (AvgIpc) is 2.76. The van der Waals surface area contributed by atoms with Gasteiger partial charge in [0.25, 0.3) is 0 Å². The number of rotatable bonds is 5. The summed E-state index contributed by atoms with van der Waals surface area (Å²) in [7, 11) is 0. The SMILES string of the molecule is NC(=O)c1ccc(C(c2ccccc2)(c2ccccc2)c2ccccc2)cc1S. The fourth-order valence-electron chi connectivity index (χ4n) is 4.04. The summed E-state index contributed by atoms with van der Waals surface area (Å²) >= 11 is 4.58. The molecule has 0 aliphatic heterocycles. The predicted molar refractivity (Wildman–Crippen MR) is 121 cm³/mol. The van der Waals surface area contributed by atoms with Crippen molar-refractivity contribution >= 4 is 18.5 Å². The van der Waals surface area contributed by atoms with E-state index in [0.29, 0.717) is 10.5 Å². The monoisotopic (exact) mass is 395 g/mol. The lowest BCUT2D eigenvalue weighted by atomic mass is 9.65. The van der Waals surface area contributed by atoms with Gasteiger partial charge in [0.15, 0.2) is 0 Å². The van der Waals surface area contributed by atoms with Crippen LogP contribution >= 0.6 is 12.6 Å². The van der Waals surface area contributed by atoms with Gasteiger partial charge in [0.2, 0.25) is 5.91 Å². The highest BCUT2D eigenvalue weighted by molar-refractivity contribution is 7.80. The van der Waals surface area contributed by atoms with Crippen LogP contribution in [0.15, 0.2) is 114 Å². The number of carbonyl (C=O) groups excluding carboxylic acids is 1. The lowest BCUT2D eigenvalue weighted by Gasteiger charge is -2.37. The van der Waals surface area contributed by atoms with Gasteiger partial charge in [-0.3, -0.25) is 4.79 Å². The maximum Gasteiger partial charge on any atom is 0.249 e. The Bertz CT molecular complexity index is 1030. The van der Waals surface area contributed by atoms with Crippen molar-refractivity contribution in [2.45, 2.75) is 10.3 Å². The molecule has 0 saturated heterocycles. The fraction of sp³-hybridized carbons (Fsp3) is 0.0385. The minimum absolute atomic E-state index is 0.417. The Morgan fingerprint density at radius 3 is 1.38 bits per heavy atom. The normalized spacial score (nSPS) is 11.2. The van der Waals surface area contributed by atoms with E-state index in [1.807, 2.05) is 30.3 Å². The van der Waals surface area contributed by atoms with E-state index in [1.165, 1.54) is 0 Å². The van der Waals surface area contributed by atoms with Gasteiger partial charge < -0.3 is 5.73 Å². The highest BCUT2D eigenvalue weighted by Gasteiger charge is 2.38. The summed E-state index contributed by atoms with van der Waals surface area (Å²) in [6, 6.07) is 36.9. The number of carbonyl (C=O) groups is 1. The smallest absolute Gasteiger partial charge is 0.249 e. The van der Waals surface area contributed by atoms with Crippen molar-refractivity contribution in [3.63, 3.8) is 0 Å². The Morgan fingerprint density at radius 2 is 1.03 bits per heavy atom. The van der Waals surface area contributed by atoms with Gasteiger partial charge in [-0.2, -0.15) is 0 Å². The molecule has 0 saturated carbocycles. The van der Waals surface area contributed by atoms with Crippen LogP contribution < -0.4 is 5.73 Å². The maximum absolute atomic E-state index is 11.8. The predicted octanol–water partition coefficient (Wildman–Crippen LogP) is 5.46. The molecule has 0 fully saturated rings. The van der Waals surface area contributed by atoms with Crippen molar-refractivity contribution < 1.29 is 4.79 Å². The van der Waals surface area contributed by atoms with Crippen molar-refractivity contribution in [1.29, 1.82) is 0 Å². The van der Waals surface area contributed by atoms with Crippen LogP contribution in [0, 0.1) is 0 Å². The second-order valence-corrected chi connectivity index (χ2v) is 7.43. The first-order valence-electron chi connectivity index (χ1n) is 9.44. The summed E-state index contributed by atoms with van der Waals surface area (Å²) in [5.74, 6) is -0.480. The van der Waals surface area contributed by atoms with E-state index < -0.39 is 11.3 Å². The highest BCUT2D eigenvalue weighted by Crippen LogP contribution is 2.45. The van der Waals surface area contributed by atoms with E-state index in [0.717, 1.165) is 22.3 Å². The molecule has 0 heterocycles. The van der Waals surface area contributed by atoms with Crippen LogP contribution in [-0.2, 0) is 5.41 Å². The number of thiol groups is 1. The number of benzene rings is 4. The van der Waals surface area contributed by atoms with Gasteiger partial charge in [0, 0.05) is 4.90 Å². The van der Waals surface area contributed by atoms with Crippen molar-refractivity contribution in [1.82, 2.24) is 0 Å². The van der Waals surface area contributed by atoms with Crippen molar-refractivity contribution in [3.05, 3.63) is 137 Å². The summed E-state index contributed by atoms with van der Waals surface area (Å²) in [5, 5.41) is 0. The third kappa shape index (κ3) is 3.34. The molecule has 0 unspecified atom stereocenters. The number of hydrogen-bond donors (Lipinski definition) is 2. The van der Waals surface area contributed by atoms with Crippen LogP contribution in [-0.4, -0.2) is 5.91 Å². The summed E-state index contributed by atoms with van der Waals surface area (Å²) in [4.78, 5) is 12.3. The number of nitrogens with two attached hydrogens (primary N) is 1. The molecule has 0 spiro atoms. The summed E-state index contributed by atoms with van der Waals surface area (Å²) in [6.45, 7) is 0. The van der Waals surface area contributed by atoms with Gasteiger partial charge in [-0.25, -0.2) is 0 Å². The second-order valence-electron chi connectivity index (χ2n) is 6.94. The molecule has 0 atom stereocenters. The first-order valence-corrected chi connectivity index (χ1v) is 9.88. The topological polar surface area (TPSA) is 43.1 Å². The van der Waals surface area contributed by atoms with Gasteiger partial charge >= 0.3 is 0 Å². The zero-order chi connectivity index (χ0) is 20.3.